The van der Waals surface area contributed by atoms with Gasteiger partial charge in [0, 0.05) is 5.39 Å². The summed E-state index contributed by atoms with van der Waals surface area (Å²) >= 11 is 5.93. The number of halogens is 2. The molecule has 0 radical (unpaired) electrons. The molecule has 0 spiro atoms. The number of fused-ring (bicyclic) bond motifs is 1. The lowest BCUT2D eigenvalue weighted by atomic mass is 10.2. The third kappa shape index (κ3) is 2.26. The summed E-state index contributed by atoms with van der Waals surface area (Å²) in [6, 6.07) is 11.6. The highest BCUT2D eigenvalue weighted by atomic mass is 35.5. The summed E-state index contributed by atoms with van der Waals surface area (Å²) in [4.78, 5) is 4.06. The monoisotopic (exact) mass is 288 g/mol. The number of nitrogen functional groups attached to an aromatic ring is 1. The molecule has 5 heteroatoms. The fourth-order valence-electron chi connectivity index (χ4n) is 1.89. The average molecular weight is 289 g/mol. The van der Waals surface area contributed by atoms with Crippen LogP contribution in [0.2, 0.25) is 5.02 Å². The highest BCUT2D eigenvalue weighted by Crippen LogP contribution is 2.33. The molecule has 0 saturated carbocycles. The van der Waals surface area contributed by atoms with Crippen molar-refractivity contribution >= 4 is 28.2 Å². The fourth-order valence-corrected chi connectivity index (χ4v) is 2.06. The van der Waals surface area contributed by atoms with Crippen molar-refractivity contribution in [2.24, 2.45) is 0 Å². The largest absolute Gasteiger partial charge is 0.454 e. The van der Waals surface area contributed by atoms with Crippen LogP contribution >= 0.6 is 11.6 Å². The van der Waals surface area contributed by atoms with E-state index in [0.717, 1.165) is 0 Å². The Kier molecular flexibility index (Phi) is 3.16. The molecule has 3 aromatic rings. The van der Waals surface area contributed by atoms with Crippen LogP contribution in [0.3, 0.4) is 0 Å². The van der Waals surface area contributed by atoms with E-state index in [1.165, 1.54) is 12.3 Å². The first-order valence-electron chi connectivity index (χ1n) is 5.91. The number of nitrogens with zero attached hydrogens (tertiary/aromatic N) is 1. The number of hydrogen-bond donors (Lipinski definition) is 1. The van der Waals surface area contributed by atoms with Gasteiger partial charge in [-0.2, -0.15) is 0 Å². The Labute approximate surface area is 119 Å². The zero-order valence-corrected chi connectivity index (χ0v) is 11.1. The van der Waals surface area contributed by atoms with Crippen molar-refractivity contribution in [3.63, 3.8) is 0 Å². The van der Waals surface area contributed by atoms with Crippen LogP contribution in [-0.2, 0) is 0 Å². The number of ether oxygens (including phenoxy) is 1. The van der Waals surface area contributed by atoms with Gasteiger partial charge in [-0.25, -0.2) is 9.37 Å². The molecule has 2 aromatic carbocycles. The first-order valence-corrected chi connectivity index (χ1v) is 6.29. The lowest BCUT2D eigenvalue weighted by Gasteiger charge is -2.09. The second kappa shape index (κ2) is 4.98. The zero-order chi connectivity index (χ0) is 14.1. The lowest BCUT2D eigenvalue weighted by molar-refractivity contribution is 0.483. The van der Waals surface area contributed by atoms with Crippen molar-refractivity contribution in [3.8, 4) is 11.5 Å². The molecule has 100 valence electrons. The molecule has 1 aromatic heterocycles. The fraction of sp³-hybridized carbons (Fsp3) is 0. The van der Waals surface area contributed by atoms with E-state index in [2.05, 4.69) is 4.98 Å². The van der Waals surface area contributed by atoms with Gasteiger partial charge in [0.15, 0.2) is 5.75 Å². The first-order chi connectivity index (χ1) is 9.65. The third-order valence-electron chi connectivity index (χ3n) is 2.88. The summed E-state index contributed by atoms with van der Waals surface area (Å²) in [5.74, 6) is 0.545. The SMILES string of the molecule is Nc1c(Cl)cccc1Oc1cnc2c(F)cccc2c1. The van der Waals surface area contributed by atoms with Crippen LogP contribution in [0.1, 0.15) is 0 Å². The van der Waals surface area contributed by atoms with E-state index in [0.29, 0.717) is 33.1 Å². The predicted octanol–water partition coefficient (Wildman–Crippen LogP) is 4.40. The molecule has 0 aliphatic rings. The van der Waals surface area contributed by atoms with Gasteiger partial charge in [0.1, 0.15) is 17.1 Å². The number of aromatic nitrogens is 1. The van der Waals surface area contributed by atoms with E-state index in [4.69, 9.17) is 22.1 Å². The zero-order valence-electron chi connectivity index (χ0n) is 10.3. The van der Waals surface area contributed by atoms with Crippen molar-refractivity contribution in [1.82, 2.24) is 4.98 Å². The van der Waals surface area contributed by atoms with E-state index in [9.17, 15) is 4.39 Å². The molecule has 3 nitrogen and oxygen atoms in total. The van der Waals surface area contributed by atoms with Gasteiger partial charge in [0.25, 0.3) is 0 Å². The molecule has 2 N–H and O–H groups in total. The number of nitrogens with two attached hydrogens (primary N) is 1. The van der Waals surface area contributed by atoms with Crippen molar-refractivity contribution in [2.75, 3.05) is 5.73 Å². The molecule has 0 aliphatic heterocycles. The molecule has 0 aliphatic carbocycles. The summed E-state index contributed by atoms with van der Waals surface area (Å²) in [5, 5.41) is 1.07. The lowest BCUT2D eigenvalue weighted by Crippen LogP contribution is -1.93. The van der Waals surface area contributed by atoms with Crippen molar-refractivity contribution < 1.29 is 9.13 Å². The number of hydrogen-bond acceptors (Lipinski definition) is 3. The van der Waals surface area contributed by atoms with Gasteiger partial charge in [0.2, 0.25) is 0 Å². The van der Waals surface area contributed by atoms with Crippen LogP contribution in [0.15, 0.2) is 48.7 Å². The minimum atomic E-state index is -0.365. The maximum absolute atomic E-state index is 13.5. The summed E-state index contributed by atoms with van der Waals surface area (Å²) in [7, 11) is 0. The van der Waals surface area contributed by atoms with Crippen LogP contribution in [0.5, 0.6) is 11.5 Å². The smallest absolute Gasteiger partial charge is 0.151 e. The third-order valence-corrected chi connectivity index (χ3v) is 3.21. The van der Waals surface area contributed by atoms with E-state index < -0.39 is 0 Å². The second-order valence-electron chi connectivity index (χ2n) is 4.24. The number of rotatable bonds is 2. The quantitative estimate of drug-likeness (QED) is 0.711. The van der Waals surface area contributed by atoms with Gasteiger partial charge in [-0.3, -0.25) is 0 Å². The summed E-state index contributed by atoms with van der Waals surface area (Å²) in [5.41, 5.74) is 6.49. The van der Waals surface area contributed by atoms with Gasteiger partial charge in [0.05, 0.1) is 16.9 Å². The Bertz CT molecular complexity index is 792. The Morgan fingerprint density at radius 3 is 2.80 bits per heavy atom. The minimum Gasteiger partial charge on any atom is -0.454 e. The molecule has 0 amide bonds. The van der Waals surface area contributed by atoms with Crippen molar-refractivity contribution in [3.05, 3.63) is 59.5 Å². The Hall–Kier alpha value is -2.33. The summed E-state index contributed by atoms with van der Waals surface area (Å²) < 4.78 is 19.2. The van der Waals surface area contributed by atoms with Crippen molar-refractivity contribution in [1.29, 1.82) is 0 Å². The highest BCUT2D eigenvalue weighted by Gasteiger charge is 2.07. The summed E-state index contributed by atoms with van der Waals surface area (Å²) in [6.07, 6.45) is 1.45. The Balaban J connectivity index is 2.01. The van der Waals surface area contributed by atoms with Gasteiger partial charge in [-0.1, -0.05) is 29.8 Å². The second-order valence-corrected chi connectivity index (χ2v) is 4.64. The van der Waals surface area contributed by atoms with E-state index in [1.807, 2.05) is 0 Å². The molecule has 1 heterocycles. The maximum Gasteiger partial charge on any atom is 0.151 e. The molecular formula is C15H10ClFN2O. The van der Waals surface area contributed by atoms with Crippen LogP contribution in [0.4, 0.5) is 10.1 Å². The number of benzene rings is 2. The van der Waals surface area contributed by atoms with Gasteiger partial charge in [-0.15, -0.1) is 0 Å². The molecule has 0 fully saturated rings. The van der Waals surface area contributed by atoms with Crippen LogP contribution in [-0.4, -0.2) is 4.98 Å². The van der Waals surface area contributed by atoms with Crippen molar-refractivity contribution in [2.45, 2.75) is 0 Å². The van der Waals surface area contributed by atoms with Crippen LogP contribution in [0, 0.1) is 5.82 Å². The van der Waals surface area contributed by atoms with E-state index >= 15 is 0 Å². The van der Waals surface area contributed by atoms with E-state index in [1.54, 1.807) is 36.4 Å². The maximum atomic E-state index is 13.5. The Morgan fingerprint density at radius 2 is 1.95 bits per heavy atom. The van der Waals surface area contributed by atoms with Gasteiger partial charge < -0.3 is 10.5 Å². The van der Waals surface area contributed by atoms with E-state index in [-0.39, 0.29) is 5.82 Å². The number of pyridine rings is 1. The molecule has 0 bridgehead atoms. The highest BCUT2D eigenvalue weighted by molar-refractivity contribution is 6.33. The number of anilines is 1. The van der Waals surface area contributed by atoms with Gasteiger partial charge >= 0.3 is 0 Å². The molecule has 0 atom stereocenters. The average Bonchev–Trinajstić information content (AvgIpc) is 2.44. The molecule has 20 heavy (non-hydrogen) atoms. The molecule has 3 rings (SSSR count). The topological polar surface area (TPSA) is 48.1 Å². The normalized spacial score (nSPS) is 10.7. The standard InChI is InChI=1S/C15H10ClFN2O/c16-11-4-2-6-13(14(11)18)20-10-7-9-3-1-5-12(17)15(9)19-8-10/h1-8H,18H2. The first kappa shape index (κ1) is 12.7. The molecule has 0 unspecified atom stereocenters. The van der Waals surface area contributed by atoms with Crippen LogP contribution in [0.25, 0.3) is 10.9 Å². The number of para-hydroxylation sites is 2. The van der Waals surface area contributed by atoms with Crippen LogP contribution < -0.4 is 10.5 Å². The molecule has 0 saturated heterocycles. The minimum absolute atomic E-state index is 0.305. The summed E-state index contributed by atoms with van der Waals surface area (Å²) in [6.45, 7) is 0. The predicted molar refractivity (Wildman–Crippen MR) is 77.6 cm³/mol. The Morgan fingerprint density at radius 1 is 1.15 bits per heavy atom. The van der Waals surface area contributed by atoms with Gasteiger partial charge in [-0.05, 0) is 24.3 Å². The molecular weight excluding hydrogens is 279 g/mol.